The average molecular weight is 288 g/mol. The van der Waals surface area contributed by atoms with Crippen molar-refractivity contribution in [1.82, 2.24) is 4.90 Å². The maximum Gasteiger partial charge on any atom is 0.142 e. The molecule has 116 valence electrons. The molecule has 0 saturated carbocycles. The lowest BCUT2D eigenvalue weighted by atomic mass is 9.72. The minimum Gasteiger partial charge on any atom is -0.495 e. The van der Waals surface area contributed by atoms with Gasteiger partial charge in [-0.15, -0.1) is 0 Å². The van der Waals surface area contributed by atoms with E-state index < -0.39 is 0 Å². The Bertz CT molecular complexity index is 496. The van der Waals surface area contributed by atoms with Crippen LogP contribution in [0, 0.1) is 5.41 Å². The second kappa shape index (κ2) is 5.53. The van der Waals surface area contributed by atoms with Crippen molar-refractivity contribution < 1.29 is 4.74 Å². The Balaban J connectivity index is 1.73. The molecule has 0 radical (unpaired) electrons. The minimum atomic E-state index is 0.545. The van der Waals surface area contributed by atoms with Crippen LogP contribution in [0.1, 0.15) is 38.2 Å². The summed E-state index contributed by atoms with van der Waals surface area (Å²) in [6, 6.07) is 6.71. The van der Waals surface area contributed by atoms with Gasteiger partial charge >= 0.3 is 0 Å². The molecule has 0 amide bonds. The lowest BCUT2D eigenvalue weighted by molar-refractivity contribution is 0.00126. The van der Waals surface area contributed by atoms with Crippen LogP contribution in [-0.2, 0) is 0 Å². The third-order valence-corrected chi connectivity index (χ3v) is 5.25. The van der Waals surface area contributed by atoms with Crippen LogP contribution in [-0.4, -0.2) is 45.2 Å². The molecule has 0 aliphatic carbocycles. The van der Waals surface area contributed by atoms with Crippen LogP contribution in [0.5, 0.6) is 5.75 Å². The molecular formula is C18H28N2O. The van der Waals surface area contributed by atoms with Gasteiger partial charge in [-0.3, -0.25) is 0 Å². The van der Waals surface area contributed by atoms with Gasteiger partial charge in [0.2, 0.25) is 0 Å². The first-order valence-electron chi connectivity index (χ1n) is 8.14. The van der Waals surface area contributed by atoms with E-state index in [9.17, 15) is 0 Å². The van der Waals surface area contributed by atoms with E-state index in [4.69, 9.17) is 4.74 Å². The van der Waals surface area contributed by atoms with E-state index >= 15 is 0 Å². The van der Waals surface area contributed by atoms with Crippen LogP contribution >= 0.6 is 0 Å². The highest BCUT2D eigenvalue weighted by Gasteiger charge is 2.43. The lowest BCUT2D eigenvalue weighted by Gasteiger charge is -2.53. The smallest absolute Gasteiger partial charge is 0.142 e. The Hall–Kier alpha value is -1.22. The van der Waals surface area contributed by atoms with Crippen LogP contribution in [0.4, 0.5) is 5.69 Å². The number of methoxy groups -OCH3 is 1. The van der Waals surface area contributed by atoms with Crippen molar-refractivity contribution in [2.45, 2.75) is 32.6 Å². The summed E-state index contributed by atoms with van der Waals surface area (Å²) in [5, 5.41) is 0. The number of nitrogens with zero attached hydrogens (tertiary/aromatic N) is 2. The summed E-state index contributed by atoms with van der Waals surface area (Å²) in [5.74, 6) is 1.57. The topological polar surface area (TPSA) is 15.7 Å². The molecule has 2 heterocycles. The molecule has 0 N–H and O–H groups in total. The summed E-state index contributed by atoms with van der Waals surface area (Å²) in [4.78, 5) is 4.94. The van der Waals surface area contributed by atoms with Crippen molar-refractivity contribution in [2.75, 3.05) is 45.2 Å². The van der Waals surface area contributed by atoms with Crippen LogP contribution in [0.3, 0.4) is 0 Å². The molecule has 1 aromatic rings. The number of likely N-dealkylation sites (tertiary alicyclic amines) is 1. The normalized spacial score (nSPS) is 21.7. The molecule has 0 unspecified atom stereocenters. The van der Waals surface area contributed by atoms with Crippen molar-refractivity contribution in [3.63, 3.8) is 0 Å². The maximum absolute atomic E-state index is 5.65. The van der Waals surface area contributed by atoms with Gasteiger partial charge in [-0.25, -0.2) is 0 Å². The predicted octanol–water partition coefficient (Wildman–Crippen LogP) is 3.35. The summed E-state index contributed by atoms with van der Waals surface area (Å²) >= 11 is 0. The zero-order valence-electron chi connectivity index (χ0n) is 13.9. The number of benzene rings is 1. The van der Waals surface area contributed by atoms with Gasteiger partial charge in [0.05, 0.1) is 12.8 Å². The molecule has 3 nitrogen and oxygen atoms in total. The molecule has 3 rings (SSSR count). The molecule has 21 heavy (non-hydrogen) atoms. The zero-order valence-corrected chi connectivity index (χ0v) is 13.9. The van der Waals surface area contributed by atoms with Gasteiger partial charge in [-0.1, -0.05) is 19.9 Å². The van der Waals surface area contributed by atoms with Gasteiger partial charge < -0.3 is 14.5 Å². The fraction of sp³-hybridized carbons (Fsp3) is 0.667. The van der Waals surface area contributed by atoms with Crippen molar-refractivity contribution >= 4 is 5.69 Å². The largest absolute Gasteiger partial charge is 0.495 e. The molecule has 3 heteroatoms. The first kappa shape index (κ1) is 14.7. The fourth-order valence-electron chi connectivity index (χ4n) is 3.95. The van der Waals surface area contributed by atoms with Gasteiger partial charge in [-0.2, -0.15) is 0 Å². The van der Waals surface area contributed by atoms with Crippen molar-refractivity contribution in [1.29, 1.82) is 0 Å². The molecule has 0 bridgehead atoms. The summed E-state index contributed by atoms with van der Waals surface area (Å²) in [7, 11) is 4.01. The number of hydrogen-bond acceptors (Lipinski definition) is 3. The molecular weight excluding hydrogens is 260 g/mol. The van der Waals surface area contributed by atoms with Crippen LogP contribution in [0.15, 0.2) is 18.2 Å². The maximum atomic E-state index is 5.65. The molecule has 2 saturated heterocycles. The highest BCUT2D eigenvalue weighted by molar-refractivity contribution is 5.60. The van der Waals surface area contributed by atoms with E-state index in [1.54, 1.807) is 7.11 Å². The van der Waals surface area contributed by atoms with Gasteiger partial charge in [0.15, 0.2) is 0 Å². The molecule has 2 aliphatic rings. The van der Waals surface area contributed by atoms with Gasteiger partial charge in [0, 0.05) is 26.2 Å². The van der Waals surface area contributed by atoms with Crippen LogP contribution in [0.25, 0.3) is 0 Å². The van der Waals surface area contributed by atoms with Crippen molar-refractivity contribution in [3.05, 3.63) is 23.8 Å². The number of anilines is 1. The Morgan fingerprint density at radius 3 is 2.33 bits per heavy atom. The van der Waals surface area contributed by atoms with E-state index in [-0.39, 0.29) is 0 Å². The van der Waals surface area contributed by atoms with E-state index in [1.165, 1.54) is 37.2 Å². The molecule has 1 spiro atoms. The third kappa shape index (κ3) is 2.76. The first-order valence-corrected chi connectivity index (χ1v) is 8.14. The number of ether oxygens (including phenoxy) is 1. The summed E-state index contributed by atoms with van der Waals surface area (Å²) in [6.45, 7) is 9.34. The zero-order chi connectivity index (χ0) is 15.0. The Kier molecular flexibility index (Phi) is 3.87. The fourth-order valence-corrected chi connectivity index (χ4v) is 3.95. The standard InChI is InChI=1S/C18H28N2O/c1-14(2)15-5-6-16(17(11-15)21-4)20-9-7-18(8-10-20)12-19(3)13-18/h5-6,11,14H,7-10,12-13H2,1-4H3. The number of hydrogen-bond donors (Lipinski definition) is 0. The summed E-state index contributed by atoms with van der Waals surface area (Å²) in [5.41, 5.74) is 3.23. The van der Waals surface area contributed by atoms with E-state index in [2.05, 4.69) is 48.9 Å². The number of piperidine rings is 1. The van der Waals surface area contributed by atoms with Crippen molar-refractivity contribution in [3.8, 4) is 5.75 Å². The van der Waals surface area contributed by atoms with E-state index in [0.29, 0.717) is 11.3 Å². The minimum absolute atomic E-state index is 0.545. The summed E-state index contributed by atoms with van der Waals surface area (Å²) < 4.78 is 5.65. The lowest BCUT2D eigenvalue weighted by Crippen LogP contribution is -2.58. The molecule has 2 fully saturated rings. The second-order valence-corrected chi connectivity index (χ2v) is 7.25. The van der Waals surface area contributed by atoms with Gasteiger partial charge in [0.25, 0.3) is 0 Å². The monoisotopic (exact) mass is 288 g/mol. The Morgan fingerprint density at radius 2 is 1.81 bits per heavy atom. The van der Waals surface area contributed by atoms with Crippen LogP contribution < -0.4 is 9.64 Å². The highest BCUT2D eigenvalue weighted by Crippen LogP contribution is 2.42. The Labute approximate surface area is 128 Å². The molecule has 1 aromatic carbocycles. The Morgan fingerprint density at radius 1 is 1.14 bits per heavy atom. The van der Waals surface area contributed by atoms with E-state index in [1.807, 2.05) is 0 Å². The second-order valence-electron chi connectivity index (χ2n) is 7.25. The molecule has 0 aromatic heterocycles. The quantitative estimate of drug-likeness (QED) is 0.848. The van der Waals surface area contributed by atoms with Gasteiger partial charge in [-0.05, 0) is 48.9 Å². The highest BCUT2D eigenvalue weighted by atomic mass is 16.5. The summed E-state index contributed by atoms with van der Waals surface area (Å²) in [6.07, 6.45) is 2.62. The predicted molar refractivity (Wildman–Crippen MR) is 88.5 cm³/mol. The molecule has 2 aliphatic heterocycles. The average Bonchev–Trinajstić information content (AvgIpc) is 2.46. The third-order valence-electron chi connectivity index (χ3n) is 5.25. The van der Waals surface area contributed by atoms with Crippen LogP contribution in [0.2, 0.25) is 0 Å². The SMILES string of the molecule is COc1cc(C(C)C)ccc1N1CCC2(CC1)CN(C)C2. The first-order chi connectivity index (χ1) is 10.0. The number of rotatable bonds is 3. The van der Waals surface area contributed by atoms with E-state index in [0.717, 1.165) is 18.8 Å². The van der Waals surface area contributed by atoms with Gasteiger partial charge in [0.1, 0.15) is 5.75 Å². The molecule has 0 atom stereocenters. The van der Waals surface area contributed by atoms with Crippen molar-refractivity contribution in [2.24, 2.45) is 5.41 Å².